The minimum Gasteiger partial charge on any atom is -0.453 e. The molecule has 0 spiro atoms. The predicted molar refractivity (Wildman–Crippen MR) is 81.1 cm³/mol. The number of methoxy groups -OCH3 is 1. The van der Waals surface area contributed by atoms with Crippen molar-refractivity contribution in [1.29, 1.82) is 0 Å². The fourth-order valence-electron chi connectivity index (χ4n) is 2.50. The molecule has 0 aliphatic carbocycles. The van der Waals surface area contributed by atoms with Crippen LogP contribution >= 0.6 is 0 Å². The van der Waals surface area contributed by atoms with E-state index < -0.39 is 12.1 Å². The summed E-state index contributed by atoms with van der Waals surface area (Å²) in [6.07, 6.45) is 1.09. The highest BCUT2D eigenvalue weighted by Crippen LogP contribution is 2.20. The van der Waals surface area contributed by atoms with E-state index in [2.05, 4.69) is 15.0 Å². The molecule has 0 aromatic carbocycles. The molecule has 1 aliphatic heterocycles. The molecule has 1 rings (SSSR count). The molecule has 0 aromatic rings. The van der Waals surface area contributed by atoms with Gasteiger partial charge < -0.3 is 20.7 Å². The number of likely N-dealkylation sites (tertiary alicyclic amines) is 1. The van der Waals surface area contributed by atoms with Crippen LogP contribution < -0.4 is 11.1 Å². The normalized spacial score (nSPS) is 20.5. The lowest BCUT2D eigenvalue weighted by atomic mass is 10.0. The summed E-state index contributed by atoms with van der Waals surface area (Å²) in [7, 11) is 1.28. The summed E-state index contributed by atoms with van der Waals surface area (Å²) in [4.78, 5) is 30.0. The lowest BCUT2D eigenvalue weighted by Gasteiger charge is -2.30. The summed E-state index contributed by atoms with van der Waals surface area (Å²) in [5.74, 6) is 0.318. The van der Waals surface area contributed by atoms with E-state index in [1.807, 2.05) is 20.8 Å². The molecule has 7 nitrogen and oxygen atoms in total. The first-order valence-corrected chi connectivity index (χ1v) is 7.37. The number of nitrogens with two attached hydrogens (primary N) is 1. The Morgan fingerprint density at radius 3 is 2.67 bits per heavy atom. The van der Waals surface area contributed by atoms with Gasteiger partial charge in [-0.2, -0.15) is 0 Å². The van der Waals surface area contributed by atoms with Gasteiger partial charge in [0.15, 0.2) is 0 Å². The molecule has 0 aromatic heterocycles. The highest BCUT2D eigenvalue weighted by molar-refractivity contribution is 5.93. The first-order chi connectivity index (χ1) is 9.92. The molecular formula is C14H26N4O3. The second-order valence-corrected chi connectivity index (χ2v) is 5.45. The maximum Gasteiger partial charge on any atom is 0.407 e. The van der Waals surface area contributed by atoms with Crippen LogP contribution in [0.1, 0.15) is 33.6 Å². The zero-order valence-electron chi connectivity index (χ0n) is 13.3. The van der Waals surface area contributed by atoms with Gasteiger partial charge in [-0.25, -0.2) is 4.79 Å². The molecule has 0 bridgehead atoms. The number of alkyl carbamates (subject to hydrolysis) is 1. The number of nitrogens with zero attached hydrogens (tertiary/aromatic N) is 2. The van der Waals surface area contributed by atoms with Gasteiger partial charge in [-0.05, 0) is 25.7 Å². The molecule has 7 heteroatoms. The molecule has 2 atom stereocenters. The van der Waals surface area contributed by atoms with Crippen molar-refractivity contribution in [2.24, 2.45) is 16.6 Å². The lowest BCUT2D eigenvalue weighted by Crippen LogP contribution is -2.54. The van der Waals surface area contributed by atoms with Crippen molar-refractivity contribution >= 4 is 17.8 Å². The number of carbonyl (C=O) groups excluding carboxylic acids is 2. The molecular weight excluding hydrogens is 272 g/mol. The Morgan fingerprint density at radius 2 is 2.14 bits per heavy atom. The van der Waals surface area contributed by atoms with E-state index in [0.29, 0.717) is 18.9 Å². The summed E-state index contributed by atoms with van der Waals surface area (Å²) in [5, 5.41) is 2.60. The fourth-order valence-corrected chi connectivity index (χ4v) is 2.50. The third kappa shape index (κ3) is 4.34. The van der Waals surface area contributed by atoms with E-state index in [0.717, 1.165) is 12.8 Å². The van der Waals surface area contributed by atoms with Crippen molar-refractivity contribution in [3.8, 4) is 0 Å². The highest BCUT2D eigenvalue weighted by atomic mass is 16.5. The Hall–Kier alpha value is -1.79. The van der Waals surface area contributed by atoms with Crippen LogP contribution in [0.25, 0.3) is 0 Å². The SMILES string of the molecule is CCN=C(N)[C@@H]1CCCN1C(=O)C(NC(=O)OC)C(C)C. The Morgan fingerprint density at radius 1 is 1.48 bits per heavy atom. The van der Waals surface area contributed by atoms with Gasteiger partial charge in [0.2, 0.25) is 5.91 Å². The molecule has 0 radical (unpaired) electrons. The predicted octanol–water partition coefficient (Wildman–Crippen LogP) is 0.735. The molecule has 3 N–H and O–H groups in total. The summed E-state index contributed by atoms with van der Waals surface area (Å²) < 4.78 is 4.59. The molecule has 0 saturated carbocycles. The Kier molecular flexibility index (Phi) is 6.45. The highest BCUT2D eigenvalue weighted by Gasteiger charge is 2.36. The monoisotopic (exact) mass is 298 g/mol. The minimum atomic E-state index is -0.618. The molecule has 120 valence electrons. The molecule has 1 fully saturated rings. The van der Waals surface area contributed by atoms with Crippen LogP contribution in [0.15, 0.2) is 4.99 Å². The largest absolute Gasteiger partial charge is 0.453 e. The average molecular weight is 298 g/mol. The standard InChI is InChI=1S/C14H26N4O3/c1-5-16-12(15)10-7-6-8-18(10)13(19)11(9(2)3)17-14(20)21-4/h9-11H,5-8H2,1-4H3,(H2,15,16)(H,17,20)/t10-,11?/m0/s1. The van der Waals surface area contributed by atoms with E-state index in [1.54, 1.807) is 4.90 Å². The fraction of sp³-hybridized carbons (Fsp3) is 0.786. The first-order valence-electron chi connectivity index (χ1n) is 7.37. The van der Waals surface area contributed by atoms with Gasteiger partial charge in [-0.15, -0.1) is 0 Å². The van der Waals surface area contributed by atoms with E-state index in [4.69, 9.17) is 5.73 Å². The number of aliphatic imine (C=N–C) groups is 1. The first kappa shape index (κ1) is 17.3. The summed E-state index contributed by atoms with van der Waals surface area (Å²) in [5.41, 5.74) is 5.97. The smallest absolute Gasteiger partial charge is 0.407 e. The number of rotatable bonds is 5. The second-order valence-electron chi connectivity index (χ2n) is 5.45. The van der Waals surface area contributed by atoms with Crippen LogP contribution in [0, 0.1) is 5.92 Å². The van der Waals surface area contributed by atoms with Crippen LogP contribution in [-0.4, -0.2) is 55.0 Å². The zero-order valence-corrected chi connectivity index (χ0v) is 13.3. The van der Waals surface area contributed by atoms with Crippen molar-refractivity contribution in [3.63, 3.8) is 0 Å². The summed E-state index contributed by atoms with van der Waals surface area (Å²) >= 11 is 0. The topological polar surface area (TPSA) is 97.0 Å². The van der Waals surface area contributed by atoms with Crippen molar-refractivity contribution in [2.75, 3.05) is 20.2 Å². The lowest BCUT2D eigenvalue weighted by molar-refractivity contribution is -0.134. The van der Waals surface area contributed by atoms with Crippen molar-refractivity contribution in [1.82, 2.24) is 10.2 Å². The third-order valence-electron chi connectivity index (χ3n) is 3.61. The molecule has 1 aliphatic rings. The van der Waals surface area contributed by atoms with Gasteiger partial charge in [0.25, 0.3) is 0 Å². The quantitative estimate of drug-likeness (QED) is 0.577. The molecule has 2 amide bonds. The number of amidine groups is 1. The van der Waals surface area contributed by atoms with Gasteiger partial charge in [0, 0.05) is 13.1 Å². The van der Waals surface area contributed by atoms with Gasteiger partial charge in [-0.1, -0.05) is 13.8 Å². The van der Waals surface area contributed by atoms with Gasteiger partial charge in [0.05, 0.1) is 13.2 Å². The van der Waals surface area contributed by atoms with E-state index in [1.165, 1.54) is 7.11 Å². The second kappa shape index (κ2) is 7.85. The number of nitrogens with one attached hydrogen (secondary N) is 1. The maximum atomic E-state index is 12.7. The molecule has 21 heavy (non-hydrogen) atoms. The third-order valence-corrected chi connectivity index (χ3v) is 3.61. The number of ether oxygens (including phenoxy) is 1. The molecule has 1 saturated heterocycles. The zero-order chi connectivity index (χ0) is 16.0. The summed E-state index contributed by atoms with van der Waals surface area (Å²) in [6, 6.07) is -0.786. The van der Waals surface area contributed by atoms with Gasteiger partial charge in [0.1, 0.15) is 11.9 Å². The number of hydrogen-bond acceptors (Lipinski definition) is 4. The van der Waals surface area contributed by atoms with Crippen LogP contribution in [-0.2, 0) is 9.53 Å². The van der Waals surface area contributed by atoms with Crippen LogP contribution in [0.3, 0.4) is 0 Å². The van der Waals surface area contributed by atoms with Crippen LogP contribution in [0.4, 0.5) is 4.79 Å². The minimum absolute atomic E-state index is 0.0396. The molecule has 1 unspecified atom stereocenters. The number of carbonyl (C=O) groups is 2. The molecule has 1 heterocycles. The average Bonchev–Trinajstić information content (AvgIpc) is 2.93. The van der Waals surface area contributed by atoms with E-state index in [9.17, 15) is 9.59 Å². The Bertz CT molecular complexity index is 409. The van der Waals surface area contributed by atoms with Crippen molar-refractivity contribution < 1.29 is 14.3 Å². The van der Waals surface area contributed by atoms with Crippen LogP contribution in [0.2, 0.25) is 0 Å². The van der Waals surface area contributed by atoms with Crippen molar-refractivity contribution in [3.05, 3.63) is 0 Å². The Balaban J connectivity index is 2.87. The van der Waals surface area contributed by atoms with Gasteiger partial charge in [-0.3, -0.25) is 9.79 Å². The summed E-state index contributed by atoms with van der Waals surface area (Å²) in [6.45, 7) is 6.90. The van der Waals surface area contributed by atoms with E-state index >= 15 is 0 Å². The Labute approximate surface area is 125 Å². The number of hydrogen-bond donors (Lipinski definition) is 2. The van der Waals surface area contributed by atoms with Crippen LogP contribution in [0.5, 0.6) is 0 Å². The van der Waals surface area contributed by atoms with E-state index in [-0.39, 0.29) is 17.9 Å². The van der Waals surface area contributed by atoms with Crippen molar-refractivity contribution in [2.45, 2.75) is 45.7 Å². The van der Waals surface area contributed by atoms with Gasteiger partial charge >= 0.3 is 6.09 Å². The number of amides is 2. The maximum absolute atomic E-state index is 12.7.